The van der Waals surface area contributed by atoms with Crippen LogP contribution in [0.4, 0.5) is 0 Å². The molecule has 5 heteroatoms. The summed E-state index contributed by atoms with van der Waals surface area (Å²) in [7, 11) is 0. The normalized spacial score (nSPS) is 23.4. The minimum Gasteiger partial charge on any atom is -0.351 e. The van der Waals surface area contributed by atoms with Crippen molar-refractivity contribution in [3.05, 3.63) is 35.9 Å². The first-order chi connectivity index (χ1) is 11.7. The average molecular weight is 329 g/mol. The van der Waals surface area contributed by atoms with Crippen LogP contribution in [0.3, 0.4) is 0 Å². The molecule has 2 unspecified atom stereocenters. The molecule has 0 spiro atoms. The van der Waals surface area contributed by atoms with Crippen molar-refractivity contribution in [2.24, 2.45) is 0 Å². The van der Waals surface area contributed by atoms with Crippen molar-refractivity contribution in [1.29, 1.82) is 0 Å². The molecule has 0 aromatic heterocycles. The molecule has 24 heavy (non-hydrogen) atoms. The Balaban J connectivity index is 1.38. The predicted molar refractivity (Wildman–Crippen MR) is 93.5 cm³/mol. The number of nitrogens with zero attached hydrogens (tertiary/aromatic N) is 1. The Morgan fingerprint density at radius 2 is 2.04 bits per heavy atom. The van der Waals surface area contributed by atoms with Crippen LogP contribution < -0.4 is 10.6 Å². The summed E-state index contributed by atoms with van der Waals surface area (Å²) in [5.74, 6) is 0.297. The third kappa shape index (κ3) is 4.81. The van der Waals surface area contributed by atoms with Gasteiger partial charge in [0.1, 0.15) is 0 Å². The maximum Gasteiger partial charge on any atom is 0.222 e. The lowest BCUT2D eigenvalue weighted by atomic mass is 10.1. The van der Waals surface area contributed by atoms with Gasteiger partial charge in [0.2, 0.25) is 11.8 Å². The second-order valence-corrected chi connectivity index (χ2v) is 6.88. The van der Waals surface area contributed by atoms with Crippen LogP contribution in [0.2, 0.25) is 0 Å². The van der Waals surface area contributed by atoms with Crippen molar-refractivity contribution >= 4 is 11.8 Å². The minimum absolute atomic E-state index is 0.109. The second kappa shape index (κ2) is 8.29. The summed E-state index contributed by atoms with van der Waals surface area (Å²) in [6.45, 7) is 2.42. The van der Waals surface area contributed by atoms with E-state index in [-0.39, 0.29) is 17.9 Å². The molecule has 2 heterocycles. The smallest absolute Gasteiger partial charge is 0.222 e. The summed E-state index contributed by atoms with van der Waals surface area (Å²) in [4.78, 5) is 26.3. The third-order valence-corrected chi connectivity index (χ3v) is 4.97. The van der Waals surface area contributed by atoms with Gasteiger partial charge in [-0.15, -0.1) is 0 Å². The number of aryl methyl sites for hydroxylation is 1. The van der Waals surface area contributed by atoms with Gasteiger partial charge in [0.25, 0.3) is 0 Å². The molecule has 2 amide bonds. The summed E-state index contributed by atoms with van der Waals surface area (Å²) in [6.07, 6.45) is 4.98. The monoisotopic (exact) mass is 329 g/mol. The molecule has 1 aromatic rings. The number of nitrogens with one attached hydrogen (secondary N) is 2. The van der Waals surface area contributed by atoms with Crippen LogP contribution >= 0.6 is 0 Å². The Hall–Kier alpha value is -1.88. The van der Waals surface area contributed by atoms with Gasteiger partial charge in [-0.3, -0.25) is 9.59 Å². The van der Waals surface area contributed by atoms with E-state index in [1.807, 2.05) is 23.1 Å². The summed E-state index contributed by atoms with van der Waals surface area (Å²) in [5.41, 5.74) is 1.19. The van der Waals surface area contributed by atoms with Crippen molar-refractivity contribution in [3.63, 3.8) is 0 Å². The van der Waals surface area contributed by atoms with E-state index < -0.39 is 0 Å². The van der Waals surface area contributed by atoms with Gasteiger partial charge >= 0.3 is 0 Å². The molecule has 2 fully saturated rings. The average Bonchev–Trinajstić information content (AvgIpc) is 3.25. The topological polar surface area (TPSA) is 61.4 Å². The highest BCUT2D eigenvalue weighted by Gasteiger charge is 2.27. The zero-order chi connectivity index (χ0) is 16.8. The third-order valence-electron chi connectivity index (χ3n) is 4.97. The number of hydrogen-bond acceptors (Lipinski definition) is 3. The van der Waals surface area contributed by atoms with Crippen molar-refractivity contribution in [2.75, 3.05) is 19.6 Å². The fourth-order valence-electron chi connectivity index (χ4n) is 3.60. The van der Waals surface area contributed by atoms with Gasteiger partial charge < -0.3 is 15.5 Å². The van der Waals surface area contributed by atoms with Crippen LogP contribution in [0, 0.1) is 0 Å². The number of benzene rings is 1. The van der Waals surface area contributed by atoms with Crippen LogP contribution in [0.5, 0.6) is 0 Å². The highest BCUT2D eigenvalue weighted by atomic mass is 16.2. The first-order valence-corrected chi connectivity index (χ1v) is 9.05. The van der Waals surface area contributed by atoms with Gasteiger partial charge in [0.05, 0.1) is 0 Å². The molecule has 2 aliphatic rings. The number of amides is 2. The minimum atomic E-state index is 0.109. The lowest BCUT2D eigenvalue weighted by Crippen LogP contribution is -2.40. The van der Waals surface area contributed by atoms with Gasteiger partial charge in [0.15, 0.2) is 0 Å². The second-order valence-electron chi connectivity index (χ2n) is 6.88. The standard InChI is InChI=1S/C19H27N3O2/c23-18(13-16-7-4-11-20-16)21-17-10-12-22(14-17)19(24)9-8-15-5-2-1-3-6-15/h1-3,5-6,16-17,20H,4,7-14H2,(H,21,23). The molecular formula is C19H27N3O2. The quantitative estimate of drug-likeness (QED) is 0.831. The largest absolute Gasteiger partial charge is 0.351 e. The van der Waals surface area contributed by atoms with Crippen molar-refractivity contribution < 1.29 is 9.59 Å². The molecule has 130 valence electrons. The van der Waals surface area contributed by atoms with E-state index in [1.165, 1.54) is 5.56 Å². The van der Waals surface area contributed by atoms with Gasteiger partial charge in [-0.25, -0.2) is 0 Å². The predicted octanol–water partition coefficient (Wildman–Crippen LogP) is 1.48. The van der Waals surface area contributed by atoms with Crippen LogP contribution in [0.25, 0.3) is 0 Å². The molecule has 0 bridgehead atoms. The van der Waals surface area contributed by atoms with Crippen LogP contribution in [0.1, 0.15) is 37.7 Å². The molecule has 2 atom stereocenters. The van der Waals surface area contributed by atoms with E-state index in [0.717, 1.165) is 38.8 Å². The van der Waals surface area contributed by atoms with Crippen molar-refractivity contribution in [2.45, 2.75) is 50.6 Å². The molecule has 0 radical (unpaired) electrons. The van der Waals surface area contributed by atoms with Crippen molar-refractivity contribution in [3.8, 4) is 0 Å². The van der Waals surface area contributed by atoms with E-state index >= 15 is 0 Å². The van der Waals surface area contributed by atoms with E-state index in [0.29, 0.717) is 25.4 Å². The van der Waals surface area contributed by atoms with Crippen LogP contribution in [-0.4, -0.2) is 48.4 Å². The molecule has 2 N–H and O–H groups in total. The highest BCUT2D eigenvalue weighted by molar-refractivity contribution is 5.78. The summed E-state index contributed by atoms with van der Waals surface area (Å²) >= 11 is 0. The first kappa shape index (κ1) is 17.0. The fraction of sp³-hybridized carbons (Fsp3) is 0.579. The highest BCUT2D eigenvalue weighted by Crippen LogP contribution is 2.14. The molecule has 2 saturated heterocycles. The lowest BCUT2D eigenvalue weighted by Gasteiger charge is -2.18. The van der Waals surface area contributed by atoms with Gasteiger partial charge in [-0.05, 0) is 37.8 Å². The maximum atomic E-state index is 12.3. The molecule has 1 aromatic carbocycles. The number of likely N-dealkylation sites (tertiary alicyclic amines) is 1. The Kier molecular flexibility index (Phi) is 5.86. The lowest BCUT2D eigenvalue weighted by molar-refractivity contribution is -0.130. The maximum absolute atomic E-state index is 12.3. The molecule has 0 aliphatic carbocycles. The van der Waals surface area contributed by atoms with Crippen molar-refractivity contribution in [1.82, 2.24) is 15.5 Å². The van der Waals surface area contributed by atoms with Crippen LogP contribution in [-0.2, 0) is 16.0 Å². The molecular weight excluding hydrogens is 302 g/mol. The zero-order valence-corrected chi connectivity index (χ0v) is 14.2. The first-order valence-electron chi connectivity index (χ1n) is 9.05. The zero-order valence-electron chi connectivity index (χ0n) is 14.2. The molecule has 0 saturated carbocycles. The molecule has 3 rings (SSSR count). The van der Waals surface area contributed by atoms with E-state index in [9.17, 15) is 9.59 Å². The summed E-state index contributed by atoms with van der Waals surface area (Å²) < 4.78 is 0. The summed E-state index contributed by atoms with van der Waals surface area (Å²) in [6, 6.07) is 10.5. The Morgan fingerprint density at radius 3 is 2.79 bits per heavy atom. The summed E-state index contributed by atoms with van der Waals surface area (Å²) in [5, 5.41) is 6.44. The Bertz CT molecular complexity index is 555. The molecule has 2 aliphatic heterocycles. The number of rotatable bonds is 6. The van der Waals surface area contributed by atoms with Crippen LogP contribution in [0.15, 0.2) is 30.3 Å². The van der Waals surface area contributed by atoms with Gasteiger partial charge in [-0.2, -0.15) is 0 Å². The number of carbonyl (C=O) groups excluding carboxylic acids is 2. The van der Waals surface area contributed by atoms with Gasteiger partial charge in [0, 0.05) is 38.0 Å². The van der Waals surface area contributed by atoms with E-state index in [4.69, 9.17) is 0 Å². The molecule has 5 nitrogen and oxygen atoms in total. The van der Waals surface area contributed by atoms with E-state index in [2.05, 4.69) is 22.8 Å². The Labute approximate surface area is 143 Å². The Morgan fingerprint density at radius 1 is 1.21 bits per heavy atom. The van der Waals surface area contributed by atoms with Gasteiger partial charge in [-0.1, -0.05) is 30.3 Å². The van der Waals surface area contributed by atoms with E-state index in [1.54, 1.807) is 0 Å². The number of hydrogen-bond donors (Lipinski definition) is 2. The fourth-order valence-corrected chi connectivity index (χ4v) is 3.60. The number of carbonyl (C=O) groups is 2. The SMILES string of the molecule is O=C(CC1CCCN1)NC1CCN(C(=O)CCc2ccccc2)C1.